The zero-order valence-electron chi connectivity index (χ0n) is 18.7. The molecule has 2 N–H and O–H groups in total. The van der Waals surface area contributed by atoms with E-state index in [0.29, 0.717) is 13.0 Å². The molecule has 0 atom stereocenters. The molecule has 0 unspecified atom stereocenters. The Balaban J connectivity index is 1.28. The maximum absolute atomic E-state index is 13.1. The first kappa shape index (κ1) is 22.6. The minimum absolute atomic E-state index is 0.0362. The van der Waals surface area contributed by atoms with E-state index in [1.54, 1.807) is 12.1 Å². The van der Waals surface area contributed by atoms with Gasteiger partial charge in [0, 0.05) is 12.1 Å². The summed E-state index contributed by atoms with van der Waals surface area (Å²) >= 11 is 0. The average molecular weight is 483 g/mol. The van der Waals surface area contributed by atoms with Crippen LogP contribution in [0.5, 0.6) is 0 Å². The second-order valence-corrected chi connectivity index (χ2v) is 10.1. The van der Waals surface area contributed by atoms with E-state index in [4.69, 9.17) is 0 Å². The third-order valence-electron chi connectivity index (χ3n) is 5.96. The van der Waals surface area contributed by atoms with Gasteiger partial charge in [0.15, 0.2) is 0 Å². The van der Waals surface area contributed by atoms with Crippen molar-refractivity contribution >= 4 is 27.3 Å². The van der Waals surface area contributed by atoms with E-state index in [0.717, 1.165) is 16.7 Å². The van der Waals surface area contributed by atoms with Gasteiger partial charge in [-0.1, -0.05) is 66.7 Å². The number of hydrogen-bond acceptors (Lipinski definition) is 4. The highest BCUT2D eigenvalue weighted by Gasteiger charge is 2.31. The Morgan fingerprint density at radius 1 is 0.771 bits per heavy atom. The van der Waals surface area contributed by atoms with E-state index >= 15 is 0 Å². The van der Waals surface area contributed by atoms with Crippen molar-refractivity contribution in [1.82, 2.24) is 5.32 Å². The fourth-order valence-corrected chi connectivity index (χ4v) is 5.71. The number of benzene rings is 4. The molecule has 1 aliphatic heterocycles. The van der Waals surface area contributed by atoms with Crippen LogP contribution in [0.25, 0.3) is 11.1 Å². The molecule has 174 valence electrons. The first-order valence-corrected chi connectivity index (χ1v) is 12.6. The van der Waals surface area contributed by atoms with Gasteiger partial charge in [-0.25, -0.2) is 8.42 Å². The van der Waals surface area contributed by atoms with Crippen LogP contribution >= 0.6 is 0 Å². The number of fused-ring (bicyclic) bond motifs is 2. The second kappa shape index (κ2) is 9.19. The quantitative estimate of drug-likeness (QED) is 0.430. The Morgan fingerprint density at radius 2 is 1.46 bits per heavy atom. The largest absolute Gasteiger partial charge is 0.352 e. The lowest BCUT2D eigenvalue weighted by Gasteiger charge is -2.10. The van der Waals surface area contributed by atoms with Crippen molar-refractivity contribution in [2.75, 3.05) is 11.9 Å². The van der Waals surface area contributed by atoms with Gasteiger partial charge in [0.2, 0.25) is 9.84 Å². The predicted molar refractivity (Wildman–Crippen MR) is 134 cm³/mol. The molecule has 0 aromatic heterocycles. The zero-order valence-corrected chi connectivity index (χ0v) is 19.5. The van der Waals surface area contributed by atoms with Gasteiger partial charge in [-0.15, -0.1) is 0 Å². The number of rotatable bonds is 5. The minimum Gasteiger partial charge on any atom is -0.352 e. The van der Waals surface area contributed by atoms with E-state index < -0.39 is 15.7 Å². The van der Waals surface area contributed by atoms with E-state index in [2.05, 4.69) is 34.9 Å². The van der Waals surface area contributed by atoms with E-state index in [-0.39, 0.29) is 32.5 Å². The van der Waals surface area contributed by atoms with Crippen molar-refractivity contribution in [3.05, 3.63) is 114 Å². The minimum atomic E-state index is -3.90. The molecule has 4 aromatic rings. The van der Waals surface area contributed by atoms with Crippen LogP contribution in [0, 0.1) is 0 Å². The normalized spacial score (nSPS) is 13.7. The molecule has 0 fully saturated rings. The van der Waals surface area contributed by atoms with Crippen LogP contribution in [0.2, 0.25) is 0 Å². The Labute approximate surface area is 203 Å². The fraction of sp³-hybridized carbons (Fsp3) is 0.0714. The van der Waals surface area contributed by atoms with Gasteiger partial charge in [-0.2, -0.15) is 0 Å². The summed E-state index contributed by atoms with van der Waals surface area (Å²) in [5.74, 6) is -0.874. The Kier molecular flexibility index (Phi) is 5.93. The number of sulfone groups is 1. The lowest BCUT2D eigenvalue weighted by molar-refractivity contribution is 0.0952. The topological polar surface area (TPSA) is 92.3 Å². The number of hydrogen-bond donors (Lipinski definition) is 2. The smallest absolute Gasteiger partial charge is 0.257 e. The lowest BCUT2D eigenvalue weighted by atomic mass is 10.0. The molecule has 2 amide bonds. The molecule has 0 spiro atoms. The van der Waals surface area contributed by atoms with Crippen molar-refractivity contribution in [3.63, 3.8) is 0 Å². The molecule has 5 rings (SSSR count). The third kappa shape index (κ3) is 4.46. The third-order valence-corrected chi connectivity index (χ3v) is 7.83. The molecule has 35 heavy (non-hydrogen) atoms. The van der Waals surface area contributed by atoms with Crippen molar-refractivity contribution in [2.45, 2.75) is 16.2 Å². The molecular formula is C28H22N2O4S. The molecule has 7 heteroatoms. The number of amides is 2. The van der Waals surface area contributed by atoms with Crippen LogP contribution < -0.4 is 10.6 Å². The summed E-state index contributed by atoms with van der Waals surface area (Å²) in [5.41, 5.74) is 3.80. The van der Waals surface area contributed by atoms with Crippen LogP contribution in [0.1, 0.15) is 26.3 Å². The van der Waals surface area contributed by atoms with E-state index in [1.807, 2.05) is 30.3 Å². The molecular weight excluding hydrogens is 460 g/mol. The van der Waals surface area contributed by atoms with Gasteiger partial charge in [-0.3, -0.25) is 9.59 Å². The monoisotopic (exact) mass is 482 g/mol. The van der Waals surface area contributed by atoms with Gasteiger partial charge >= 0.3 is 0 Å². The van der Waals surface area contributed by atoms with E-state index in [9.17, 15) is 18.0 Å². The summed E-state index contributed by atoms with van der Waals surface area (Å²) in [5, 5.41) is 5.50. The summed E-state index contributed by atoms with van der Waals surface area (Å²) in [6, 6.07) is 28.6. The van der Waals surface area contributed by atoms with Crippen molar-refractivity contribution < 1.29 is 18.0 Å². The molecule has 0 radical (unpaired) electrons. The van der Waals surface area contributed by atoms with Gasteiger partial charge in [-0.05, 0) is 53.4 Å². The molecule has 1 aliphatic rings. The molecule has 0 aliphatic carbocycles. The molecule has 0 saturated carbocycles. The number of nitrogens with one attached hydrogen (secondary N) is 2. The zero-order chi connectivity index (χ0) is 24.4. The maximum Gasteiger partial charge on any atom is 0.257 e. The van der Waals surface area contributed by atoms with Crippen LogP contribution in [0.3, 0.4) is 0 Å². The second-order valence-electron chi connectivity index (χ2n) is 8.23. The summed E-state index contributed by atoms with van der Waals surface area (Å²) in [6.45, 7) is 0.413. The lowest BCUT2D eigenvalue weighted by Crippen LogP contribution is -2.26. The Morgan fingerprint density at radius 3 is 2.23 bits per heavy atom. The van der Waals surface area contributed by atoms with E-state index in [1.165, 1.54) is 30.3 Å². The van der Waals surface area contributed by atoms with Crippen LogP contribution in [0.15, 0.2) is 107 Å². The average Bonchev–Trinajstić information content (AvgIpc) is 2.97. The molecule has 0 saturated heterocycles. The summed E-state index contributed by atoms with van der Waals surface area (Å²) < 4.78 is 26.2. The summed E-state index contributed by atoms with van der Waals surface area (Å²) in [7, 11) is -3.90. The standard InChI is InChI=1S/C28H22N2O4S/c31-27(29-17-16-19-10-12-21(13-11-19)20-6-2-1-3-7-20)22-14-15-26-24(18-22)30-28(32)23-8-4-5-9-25(23)35(26,33)34/h1-15,18H,16-17H2,(H,29,31)(H,30,32). The molecule has 1 heterocycles. The fourth-order valence-electron chi connectivity index (χ4n) is 4.12. The maximum atomic E-state index is 13.1. The SMILES string of the molecule is O=C(NCCc1ccc(-c2ccccc2)cc1)c1ccc2c(c1)NC(=O)c1ccccc1S2(=O)=O. The van der Waals surface area contributed by atoms with Crippen molar-refractivity contribution in [3.8, 4) is 11.1 Å². The summed E-state index contributed by atoms with van der Waals surface area (Å²) in [4.78, 5) is 25.3. The van der Waals surface area contributed by atoms with Gasteiger partial charge in [0.25, 0.3) is 11.8 Å². The highest BCUT2D eigenvalue weighted by Crippen LogP contribution is 2.34. The van der Waals surface area contributed by atoms with Crippen LogP contribution in [0.4, 0.5) is 5.69 Å². The molecule has 6 nitrogen and oxygen atoms in total. The number of carbonyl (C=O) groups excluding carboxylic acids is 2. The van der Waals surface area contributed by atoms with Gasteiger partial charge < -0.3 is 10.6 Å². The van der Waals surface area contributed by atoms with Gasteiger partial charge in [0.05, 0.1) is 21.0 Å². The van der Waals surface area contributed by atoms with Crippen molar-refractivity contribution in [1.29, 1.82) is 0 Å². The highest BCUT2D eigenvalue weighted by atomic mass is 32.2. The predicted octanol–water partition coefficient (Wildman–Crippen LogP) is 4.72. The molecule has 0 bridgehead atoms. The first-order chi connectivity index (χ1) is 16.9. The Bertz CT molecular complexity index is 1530. The number of anilines is 1. The first-order valence-electron chi connectivity index (χ1n) is 11.2. The van der Waals surface area contributed by atoms with Gasteiger partial charge in [0.1, 0.15) is 0 Å². The van der Waals surface area contributed by atoms with Crippen LogP contribution in [-0.4, -0.2) is 26.8 Å². The summed E-state index contributed by atoms with van der Waals surface area (Å²) in [6.07, 6.45) is 0.645. The molecule has 4 aromatic carbocycles. The highest BCUT2D eigenvalue weighted by molar-refractivity contribution is 7.91. The Hall–Kier alpha value is -4.23. The van der Waals surface area contributed by atoms with Crippen molar-refractivity contribution in [2.24, 2.45) is 0 Å². The number of carbonyl (C=O) groups is 2. The van der Waals surface area contributed by atoms with Crippen LogP contribution in [-0.2, 0) is 16.3 Å².